The number of halogens is 3. The number of nitrogens with one attached hydrogen (secondary N) is 1. The van der Waals surface area contributed by atoms with Gasteiger partial charge in [-0.25, -0.2) is 12.4 Å². The summed E-state index contributed by atoms with van der Waals surface area (Å²) in [6.45, 7) is 1.13. The smallest absolute Gasteiger partial charge is 0.403 e. The van der Waals surface area contributed by atoms with Gasteiger partial charge in [0.15, 0.2) is 5.75 Å². The fourth-order valence-corrected chi connectivity index (χ4v) is 3.96. The molecule has 0 saturated carbocycles. The molecule has 27 heavy (non-hydrogen) atoms. The van der Waals surface area contributed by atoms with Crippen molar-refractivity contribution in [2.24, 2.45) is 0 Å². The van der Waals surface area contributed by atoms with Crippen molar-refractivity contribution in [2.45, 2.75) is 18.2 Å². The summed E-state index contributed by atoms with van der Waals surface area (Å²) in [6.07, 6.45) is -3.89. The monoisotopic (exact) mass is 398 g/mol. The summed E-state index contributed by atoms with van der Waals surface area (Å²) in [7, 11) is -4.03. The molecule has 1 heterocycles. The van der Waals surface area contributed by atoms with Crippen LogP contribution in [0.15, 0.2) is 59.6 Å². The van der Waals surface area contributed by atoms with Crippen molar-refractivity contribution in [1.29, 1.82) is 0 Å². The van der Waals surface area contributed by atoms with Crippen molar-refractivity contribution in [2.75, 3.05) is 5.32 Å². The minimum atomic E-state index is -5.03. The second-order valence-electron chi connectivity index (χ2n) is 5.53. The van der Waals surface area contributed by atoms with E-state index in [9.17, 15) is 26.4 Å². The first-order valence-electron chi connectivity index (χ1n) is 7.57. The third kappa shape index (κ3) is 3.75. The highest BCUT2D eigenvalue weighted by molar-refractivity contribution is 7.90. The third-order valence-electron chi connectivity index (χ3n) is 3.62. The Labute approximate surface area is 152 Å². The largest absolute Gasteiger partial charge is 0.573 e. The minimum absolute atomic E-state index is 0.0211. The zero-order valence-corrected chi connectivity index (χ0v) is 14.6. The van der Waals surface area contributed by atoms with Crippen LogP contribution < -0.4 is 10.1 Å². The molecule has 6 nitrogen and oxygen atoms in total. The number of carbonyl (C=O) groups excluding carboxylic acids is 1. The SMILES string of the molecule is CC(=O)Nc1ccc2c(ccn2S(=O)(=O)c2ccccc2)c1OC(F)(F)F. The Morgan fingerprint density at radius 1 is 1.07 bits per heavy atom. The summed E-state index contributed by atoms with van der Waals surface area (Å²) in [6, 6.07) is 11.1. The summed E-state index contributed by atoms with van der Waals surface area (Å²) in [4.78, 5) is 11.2. The lowest BCUT2D eigenvalue weighted by molar-refractivity contribution is -0.273. The Kier molecular flexibility index (Phi) is 4.60. The summed E-state index contributed by atoms with van der Waals surface area (Å²) < 4.78 is 69.0. The summed E-state index contributed by atoms with van der Waals surface area (Å²) in [5.41, 5.74) is -0.241. The number of aromatic nitrogens is 1. The average Bonchev–Trinajstić information content (AvgIpc) is 3.01. The van der Waals surface area contributed by atoms with Gasteiger partial charge in [0.2, 0.25) is 5.91 Å². The molecule has 0 aliphatic heterocycles. The number of benzene rings is 2. The van der Waals surface area contributed by atoms with Crippen LogP contribution in [0.3, 0.4) is 0 Å². The van der Waals surface area contributed by atoms with Crippen LogP contribution >= 0.6 is 0 Å². The first-order chi connectivity index (χ1) is 12.6. The zero-order valence-electron chi connectivity index (χ0n) is 13.8. The summed E-state index contributed by atoms with van der Waals surface area (Å²) in [5, 5.41) is 2.13. The molecule has 0 radical (unpaired) electrons. The lowest BCUT2D eigenvalue weighted by atomic mass is 10.2. The van der Waals surface area contributed by atoms with Crippen LogP contribution in [0.1, 0.15) is 6.92 Å². The Morgan fingerprint density at radius 3 is 2.33 bits per heavy atom. The molecule has 0 aliphatic carbocycles. The standard InChI is InChI=1S/C17H13F3N2O4S/c1-11(23)21-14-7-8-15-13(16(14)26-17(18,19)20)9-10-22(15)27(24,25)12-5-3-2-4-6-12/h2-10H,1H3,(H,21,23). The van der Waals surface area contributed by atoms with Crippen LogP contribution in [-0.4, -0.2) is 24.7 Å². The van der Waals surface area contributed by atoms with Crippen LogP contribution in [0.2, 0.25) is 0 Å². The molecule has 0 saturated heterocycles. The van der Waals surface area contributed by atoms with Crippen molar-refractivity contribution in [1.82, 2.24) is 3.97 Å². The second kappa shape index (κ2) is 6.62. The van der Waals surface area contributed by atoms with Gasteiger partial charge in [0, 0.05) is 18.5 Å². The van der Waals surface area contributed by atoms with Crippen molar-refractivity contribution in [3.63, 3.8) is 0 Å². The van der Waals surface area contributed by atoms with Crippen LogP contribution in [0.25, 0.3) is 10.9 Å². The Bertz CT molecular complexity index is 1110. The summed E-state index contributed by atoms with van der Waals surface area (Å²) in [5.74, 6) is -1.28. The maximum atomic E-state index is 12.8. The maximum Gasteiger partial charge on any atom is 0.573 e. The Balaban J connectivity index is 2.22. The van der Waals surface area contributed by atoms with Gasteiger partial charge >= 0.3 is 6.36 Å². The van der Waals surface area contributed by atoms with Crippen molar-refractivity contribution in [3.8, 4) is 5.75 Å². The molecule has 0 fully saturated rings. The fraction of sp³-hybridized carbons (Fsp3) is 0.118. The van der Waals surface area contributed by atoms with E-state index in [1.807, 2.05) is 0 Å². The molecule has 142 valence electrons. The molecule has 0 aliphatic rings. The number of fused-ring (bicyclic) bond motifs is 1. The van der Waals surface area contributed by atoms with Gasteiger partial charge in [-0.2, -0.15) is 0 Å². The first-order valence-corrected chi connectivity index (χ1v) is 9.01. The Hall–Kier alpha value is -3.01. The van der Waals surface area contributed by atoms with Gasteiger partial charge in [0.05, 0.1) is 16.1 Å². The van der Waals surface area contributed by atoms with E-state index in [1.54, 1.807) is 6.07 Å². The van der Waals surface area contributed by atoms with E-state index in [0.717, 1.165) is 23.2 Å². The third-order valence-corrected chi connectivity index (χ3v) is 5.32. The number of hydrogen-bond acceptors (Lipinski definition) is 4. The molecule has 0 atom stereocenters. The van der Waals surface area contributed by atoms with Crippen molar-refractivity contribution >= 4 is 32.5 Å². The van der Waals surface area contributed by atoms with Crippen molar-refractivity contribution < 1.29 is 31.1 Å². The maximum absolute atomic E-state index is 12.8. The Morgan fingerprint density at radius 2 is 1.74 bits per heavy atom. The predicted molar refractivity (Wildman–Crippen MR) is 92.0 cm³/mol. The highest BCUT2D eigenvalue weighted by Gasteiger charge is 2.34. The van der Waals surface area contributed by atoms with Crippen LogP contribution in [0.5, 0.6) is 5.75 Å². The molecule has 3 rings (SSSR count). The van der Waals surface area contributed by atoms with E-state index in [0.29, 0.717) is 0 Å². The van der Waals surface area contributed by atoms with Gasteiger partial charge in [-0.3, -0.25) is 4.79 Å². The lowest BCUT2D eigenvalue weighted by Crippen LogP contribution is -2.19. The molecular formula is C17H13F3N2O4S. The molecule has 10 heteroatoms. The lowest BCUT2D eigenvalue weighted by Gasteiger charge is -2.15. The molecule has 1 N–H and O–H groups in total. The highest BCUT2D eigenvalue weighted by Crippen LogP contribution is 2.39. The van der Waals surface area contributed by atoms with Crippen molar-refractivity contribution in [3.05, 3.63) is 54.7 Å². The molecular weight excluding hydrogens is 385 g/mol. The van der Waals surface area contributed by atoms with E-state index in [-0.39, 0.29) is 21.5 Å². The number of hydrogen-bond donors (Lipinski definition) is 1. The number of rotatable bonds is 4. The van der Waals surface area contributed by atoms with Crippen LogP contribution in [0, 0.1) is 0 Å². The molecule has 1 aromatic heterocycles. The van der Waals surface area contributed by atoms with E-state index >= 15 is 0 Å². The number of nitrogens with zero attached hydrogens (tertiary/aromatic N) is 1. The number of ether oxygens (including phenoxy) is 1. The van der Waals surface area contributed by atoms with E-state index < -0.39 is 28.0 Å². The molecule has 0 spiro atoms. The molecule has 0 unspecified atom stereocenters. The zero-order chi connectivity index (χ0) is 19.8. The second-order valence-corrected chi connectivity index (χ2v) is 7.35. The molecule has 0 bridgehead atoms. The topological polar surface area (TPSA) is 77.4 Å². The summed E-state index contributed by atoms with van der Waals surface area (Å²) >= 11 is 0. The fourth-order valence-electron chi connectivity index (χ4n) is 2.59. The number of carbonyl (C=O) groups is 1. The van der Waals surface area contributed by atoms with Gasteiger partial charge in [0.25, 0.3) is 10.0 Å². The normalized spacial score (nSPS) is 12.1. The average molecular weight is 398 g/mol. The minimum Gasteiger partial charge on any atom is -0.403 e. The molecule has 3 aromatic rings. The van der Waals surface area contributed by atoms with Crippen LogP contribution in [-0.2, 0) is 14.8 Å². The van der Waals surface area contributed by atoms with E-state index in [1.165, 1.54) is 36.4 Å². The number of anilines is 1. The highest BCUT2D eigenvalue weighted by atomic mass is 32.2. The van der Waals surface area contributed by atoms with Gasteiger partial charge in [-0.05, 0) is 30.3 Å². The van der Waals surface area contributed by atoms with Gasteiger partial charge in [-0.15, -0.1) is 13.2 Å². The number of amides is 1. The van der Waals surface area contributed by atoms with E-state index in [4.69, 9.17) is 0 Å². The van der Waals surface area contributed by atoms with E-state index in [2.05, 4.69) is 10.1 Å². The molecule has 1 amide bonds. The first kappa shape index (κ1) is 18.8. The van der Waals surface area contributed by atoms with Gasteiger partial charge < -0.3 is 10.1 Å². The van der Waals surface area contributed by atoms with Gasteiger partial charge in [-0.1, -0.05) is 18.2 Å². The number of alkyl halides is 3. The van der Waals surface area contributed by atoms with Gasteiger partial charge in [0.1, 0.15) is 0 Å². The predicted octanol–water partition coefficient (Wildman–Crippen LogP) is 3.74. The quantitative estimate of drug-likeness (QED) is 0.726. The van der Waals surface area contributed by atoms with Crippen LogP contribution in [0.4, 0.5) is 18.9 Å². The molecule has 2 aromatic carbocycles.